The van der Waals surface area contributed by atoms with Crippen LogP contribution in [0.4, 0.5) is 0 Å². The van der Waals surface area contributed by atoms with E-state index in [4.69, 9.17) is 24.3 Å². The second kappa shape index (κ2) is 70.0. The van der Waals surface area contributed by atoms with Crippen molar-refractivity contribution >= 4 is 19.8 Å². The summed E-state index contributed by atoms with van der Waals surface area (Å²) in [6, 6.07) is 0. The lowest BCUT2D eigenvalue weighted by atomic mass is 10.0. The van der Waals surface area contributed by atoms with Crippen LogP contribution in [0.2, 0.25) is 0 Å². The molecule has 0 aromatic rings. The van der Waals surface area contributed by atoms with Crippen molar-refractivity contribution in [2.75, 3.05) is 26.4 Å². The monoisotopic (exact) mass is 1210 g/mol. The first-order valence-corrected chi connectivity index (χ1v) is 36.3. The molecule has 0 aliphatic heterocycles. The van der Waals surface area contributed by atoms with Gasteiger partial charge in [0.25, 0.3) is 0 Å². The molecule has 2 atom stereocenters. The molecule has 0 aliphatic rings. The molecule has 10 heteroatoms. The van der Waals surface area contributed by atoms with Crippen LogP contribution in [0, 0.1) is 0 Å². The third-order valence-electron chi connectivity index (χ3n) is 14.5. The normalized spacial score (nSPS) is 13.9. The summed E-state index contributed by atoms with van der Waals surface area (Å²) in [7, 11) is -4.41. The van der Waals surface area contributed by atoms with Crippen LogP contribution >= 0.6 is 7.82 Å². The van der Waals surface area contributed by atoms with Crippen molar-refractivity contribution in [3.8, 4) is 0 Å². The number of phosphoric acid groups is 1. The standard InChI is InChI=1S/C76H128NO8P/c1-3-5-7-9-11-13-15-17-19-21-23-25-27-29-30-31-32-33-34-35-36-37-38-39-40-41-42-43-44-45-47-49-51-53-55-57-59-61-63-65-67-69-76(79)85-74(73-84-86(80,81)83-71-70-77)72-82-75(78)68-66-64-62-60-58-56-54-52-50-48-46-28-26-24-22-20-18-16-14-12-10-8-6-4-2/h5,7,11,13,17,19,23,25,29-30,32-33,35-36,38-39,41-42,44-45,49,51,55,57,74H,3-4,6,8-10,12,14-16,18,20-22,24,26-28,31,34,37,40,43,46-48,50,52-54,56,58-73,77H2,1-2H3,(H,80,81)/b7-5-,13-11-,19-17-,25-23-,30-29-,33-32-,36-35-,39-38-,42-41-,45-44-,51-49-,57-55-. The summed E-state index contributed by atoms with van der Waals surface area (Å²) < 4.78 is 33.1. The Morgan fingerprint density at radius 1 is 0.360 bits per heavy atom. The van der Waals surface area contributed by atoms with Crippen molar-refractivity contribution in [1.82, 2.24) is 0 Å². The van der Waals surface area contributed by atoms with Crippen molar-refractivity contribution in [2.45, 2.75) is 296 Å². The molecule has 0 fully saturated rings. The minimum atomic E-state index is -4.41. The molecule has 0 rings (SSSR count). The number of carbonyl (C=O) groups excluding carboxylic acids is 2. The molecule has 0 saturated carbocycles. The number of esters is 2. The van der Waals surface area contributed by atoms with Crippen molar-refractivity contribution < 1.29 is 37.6 Å². The largest absolute Gasteiger partial charge is 0.472 e. The number of hydrogen-bond donors (Lipinski definition) is 2. The number of phosphoric ester groups is 1. The zero-order chi connectivity index (χ0) is 62.3. The van der Waals surface area contributed by atoms with Gasteiger partial charge in [-0.3, -0.25) is 18.6 Å². The van der Waals surface area contributed by atoms with Crippen LogP contribution in [0.1, 0.15) is 290 Å². The number of rotatable bonds is 64. The summed E-state index contributed by atoms with van der Waals surface area (Å²) in [5.74, 6) is -0.856. The molecule has 0 aliphatic carbocycles. The minimum Gasteiger partial charge on any atom is -0.462 e. The Morgan fingerprint density at radius 3 is 0.953 bits per heavy atom. The van der Waals surface area contributed by atoms with E-state index < -0.39 is 26.5 Å². The number of carbonyl (C=O) groups is 2. The molecule has 0 heterocycles. The smallest absolute Gasteiger partial charge is 0.462 e. The highest BCUT2D eigenvalue weighted by Crippen LogP contribution is 2.43. The Kier molecular flexibility index (Phi) is 66.6. The lowest BCUT2D eigenvalue weighted by Gasteiger charge is -2.19. The minimum absolute atomic E-state index is 0.0433. The van der Waals surface area contributed by atoms with Gasteiger partial charge in [-0.15, -0.1) is 0 Å². The average Bonchev–Trinajstić information content (AvgIpc) is 3.58. The van der Waals surface area contributed by atoms with Crippen LogP contribution in [0.3, 0.4) is 0 Å². The predicted octanol–water partition coefficient (Wildman–Crippen LogP) is 23.0. The summed E-state index contributed by atoms with van der Waals surface area (Å²) in [5, 5.41) is 0. The van der Waals surface area contributed by atoms with Crippen LogP contribution in [0.15, 0.2) is 146 Å². The first kappa shape index (κ1) is 81.9. The van der Waals surface area contributed by atoms with Crippen molar-refractivity contribution in [1.29, 1.82) is 0 Å². The molecular weight excluding hydrogens is 1090 g/mol. The number of hydrogen-bond acceptors (Lipinski definition) is 8. The summed E-state index contributed by atoms with van der Waals surface area (Å²) in [5.41, 5.74) is 5.40. The number of unbranched alkanes of at least 4 members (excludes halogenated alkanes) is 27. The Balaban J connectivity index is 4.01. The molecule has 2 unspecified atom stereocenters. The van der Waals surface area contributed by atoms with Crippen LogP contribution in [0.5, 0.6) is 0 Å². The van der Waals surface area contributed by atoms with E-state index in [1.54, 1.807) is 0 Å². The van der Waals surface area contributed by atoms with E-state index in [0.717, 1.165) is 122 Å². The van der Waals surface area contributed by atoms with E-state index in [-0.39, 0.29) is 38.6 Å². The molecule has 9 nitrogen and oxygen atoms in total. The highest BCUT2D eigenvalue weighted by molar-refractivity contribution is 7.47. The van der Waals surface area contributed by atoms with Gasteiger partial charge in [0, 0.05) is 19.4 Å². The van der Waals surface area contributed by atoms with Gasteiger partial charge in [0.1, 0.15) is 6.61 Å². The molecule has 3 N–H and O–H groups in total. The van der Waals surface area contributed by atoms with E-state index in [1.807, 2.05) is 0 Å². The van der Waals surface area contributed by atoms with Gasteiger partial charge in [-0.2, -0.15) is 0 Å². The summed E-state index contributed by atoms with van der Waals surface area (Å²) in [4.78, 5) is 35.3. The highest BCUT2D eigenvalue weighted by atomic mass is 31.2. The molecular formula is C76H128NO8P. The average molecular weight is 1210 g/mol. The van der Waals surface area contributed by atoms with E-state index in [9.17, 15) is 19.0 Å². The Hall–Kier alpha value is -4.11. The van der Waals surface area contributed by atoms with Gasteiger partial charge in [-0.05, 0) is 103 Å². The van der Waals surface area contributed by atoms with Crippen LogP contribution in [0.25, 0.3) is 0 Å². The van der Waals surface area contributed by atoms with E-state index in [2.05, 4.69) is 160 Å². The fourth-order valence-corrected chi connectivity index (χ4v) is 10.1. The third-order valence-corrected chi connectivity index (χ3v) is 15.5. The highest BCUT2D eigenvalue weighted by Gasteiger charge is 2.26. The van der Waals surface area contributed by atoms with Gasteiger partial charge in [0.2, 0.25) is 0 Å². The second-order valence-corrected chi connectivity index (χ2v) is 24.1. The predicted molar refractivity (Wildman–Crippen MR) is 371 cm³/mol. The van der Waals surface area contributed by atoms with Gasteiger partial charge in [-0.25, -0.2) is 4.57 Å². The Morgan fingerprint density at radius 2 is 0.640 bits per heavy atom. The van der Waals surface area contributed by atoms with E-state index in [0.29, 0.717) is 6.42 Å². The first-order valence-electron chi connectivity index (χ1n) is 34.8. The molecule has 0 amide bonds. The molecule has 0 spiro atoms. The zero-order valence-electron chi connectivity index (χ0n) is 55.0. The first-order chi connectivity index (χ1) is 42.3. The summed E-state index contributed by atoms with van der Waals surface area (Å²) in [6.45, 7) is 3.62. The molecule has 86 heavy (non-hydrogen) atoms. The van der Waals surface area contributed by atoms with Gasteiger partial charge < -0.3 is 20.1 Å². The van der Waals surface area contributed by atoms with Crippen molar-refractivity contribution in [2.24, 2.45) is 5.73 Å². The second-order valence-electron chi connectivity index (χ2n) is 22.7. The van der Waals surface area contributed by atoms with Crippen molar-refractivity contribution in [3.05, 3.63) is 146 Å². The van der Waals surface area contributed by atoms with Crippen LogP contribution in [-0.2, 0) is 32.7 Å². The number of nitrogens with two attached hydrogens (primary N) is 1. The molecule has 0 bridgehead atoms. The van der Waals surface area contributed by atoms with Gasteiger partial charge in [0.05, 0.1) is 13.2 Å². The molecule has 490 valence electrons. The topological polar surface area (TPSA) is 134 Å². The van der Waals surface area contributed by atoms with Gasteiger partial charge in [0.15, 0.2) is 6.10 Å². The molecule has 0 radical (unpaired) electrons. The third kappa shape index (κ3) is 69.0. The van der Waals surface area contributed by atoms with E-state index >= 15 is 0 Å². The lowest BCUT2D eigenvalue weighted by Crippen LogP contribution is -2.29. The van der Waals surface area contributed by atoms with Gasteiger partial charge >= 0.3 is 19.8 Å². The van der Waals surface area contributed by atoms with Crippen LogP contribution in [-0.4, -0.2) is 49.3 Å². The fraction of sp³-hybridized carbons (Fsp3) is 0.658. The summed E-state index contributed by atoms with van der Waals surface area (Å²) in [6.07, 6.45) is 101. The molecule has 0 aromatic heterocycles. The number of allylic oxidation sites excluding steroid dienone is 24. The maximum Gasteiger partial charge on any atom is 0.472 e. The van der Waals surface area contributed by atoms with Gasteiger partial charge in [-0.1, -0.05) is 320 Å². The fourth-order valence-electron chi connectivity index (χ4n) is 9.38. The SMILES string of the molecule is CC/C=C\C/C=C\C/C=C\C/C=C\C/C=C\C/C=C\C/C=C\C/C=C\C/C=C\C/C=C\C/C=C\C/C=C\CCCCCCC(=O)OC(COC(=O)CCCCCCCCCCCCCCCCCCCCCCCCCC)COP(=O)(O)OCCN. The molecule has 0 aromatic carbocycles. The summed E-state index contributed by atoms with van der Waals surface area (Å²) >= 11 is 0. The molecule has 0 saturated heterocycles. The quantitative estimate of drug-likeness (QED) is 0.0264. The van der Waals surface area contributed by atoms with E-state index in [1.165, 1.54) is 135 Å². The number of ether oxygens (including phenoxy) is 2. The maximum atomic E-state index is 12.7. The maximum absolute atomic E-state index is 12.7. The Bertz CT molecular complexity index is 1920. The Labute approximate surface area is 528 Å². The zero-order valence-corrected chi connectivity index (χ0v) is 55.9. The van der Waals surface area contributed by atoms with Crippen molar-refractivity contribution in [3.63, 3.8) is 0 Å². The lowest BCUT2D eigenvalue weighted by molar-refractivity contribution is -0.161. The van der Waals surface area contributed by atoms with Crippen LogP contribution < -0.4 is 5.73 Å².